The lowest BCUT2D eigenvalue weighted by Gasteiger charge is -2.33. The molecule has 2 aromatic heterocycles. The number of carbonyl (C=O) groups excluding carboxylic acids is 2. The fourth-order valence-electron chi connectivity index (χ4n) is 3.09. The third-order valence-corrected chi connectivity index (χ3v) is 9.32. The van der Waals surface area contributed by atoms with E-state index in [-0.39, 0.29) is 53.4 Å². The number of hydrogen-bond donors (Lipinski definition) is 0. The van der Waals surface area contributed by atoms with E-state index in [0.29, 0.717) is 20.6 Å². The number of amides is 1. The van der Waals surface area contributed by atoms with Crippen LogP contribution in [0.3, 0.4) is 0 Å². The van der Waals surface area contributed by atoms with Crippen LogP contribution in [-0.4, -0.2) is 66.2 Å². The molecule has 3 heterocycles. The number of Topliss-reactive ketones (excluding diaryl/α,β-unsaturated/α-hetero) is 1. The van der Waals surface area contributed by atoms with Crippen molar-refractivity contribution < 1.29 is 18.0 Å². The van der Waals surface area contributed by atoms with Gasteiger partial charge in [-0.15, -0.1) is 11.3 Å². The normalized spacial score (nSPS) is 15.0. The number of sulfonamides is 1. The summed E-state index contributed by atoms with van der Waals surface area (Å²) in [5.74, 6) is -0.277. The van der Waals surface area contributed by atoms with Crippen molar-refractivity contribution >= 4 is 56.4 Å². The number of aryl methyl sites for hydroxylation is 1. The van der Waals surface area contributed by atoms with Gasteiger partial charge >= 0.3 is 0 Å². The van der Waals surface area contributed by atoms with Crippen LogP contribution in [0.15, 0.2) is 27.4 Å². The number of carbonyl (C=O) groups is 2. The quantitative estimate of drug-likeness (QED) is 0.444. The SMILES string of the molecule is CC(=O)c1cc(C#N)c(SCC(=O)N2CCN(S(=O)(=O)c3ccc(Cl)s3)CC2)nc1C. The van der Waals surface area contributed by atoms with E-state index in [1.165, 1.54) is 23.4 Å². The van der Waals surface area contributed by atoms with Crippen LogP contribution in [0, 0.1) is 18.3 Å². The number of halogens is 1. The van der Waals surface area contributed by atoms with Crippen LogP contribution in [0.5, 0.6) is 0 Å². The van der Waals surface area contributed by atoms with Crippen LogP contribution in [-0.2, 0) is 14.8 Å². The van der Waals surface area contributed by atoms with Crippen molar-refractivity contribution in [2.24, 2.45) is 0 Å². The second-order valence-corrected chi connectivity index (χ2v) is 11.6. The summed E-state index contributed by atoms with van der Waals surface area (Å²) in [5, 5.41) is 9.75. The molecule has 3 rings (SSSR count). The number of aromatic nitrogens is 1. The molecular formula is C19H19ClN4O4S3. The standard InChI is InChI=1S/C19H19ClN4O4S3/c1-12-15(13(2)25)9-14(10-21)19(22-12)29-11-17(26)23-5-7-24(8-6-23)31(27,28)18-4-3-16(20)30-18/h3-4,9H,5-8,11H2,1-2H3. The van der Waals surface area contributed by atoms with Gasteiger partial charge in [-0.25, -0.2) is 13.4 Å². The third-order valence-electron chi connectivity index (χ3n) is 4.74. The van der Waals surface area contributed by atoms with Crippen molar-refractivity contribution in [2.45, 2.75) is 23.1 Å². The average molecular weight is 499 g/mol. The molecule has 1 amide bonds. The minimum Gasteiger partial charge on any atom is -0.339 e. The Kier molecular flexibility index (Phi) is 7.39. The van der Waals surface area contributed by atoms with E-state index in [1.54, 1.807) is 17.9 Å². The summed E-state index contributed by atoms with van der Waals surface area (Å²) < 4.78 is 27.3. The second-order valence-electron chi connectivity index (χ2n) is 6.77. The lowest BCUT2D eigenvalue weighted by molar-refractivity contribution is -0.129. The number of pyridine rings is 1. The summed E-state index contributed by atoms with van der Waals surface area (Å²) in [6.07, 6.45) is 0. The van der Waals surface area contributed by atoms with E-state index in [1.807, 2.05) is 6.07 Å². The van der Waals surface area contributed by atoms with Gasteiger partial charge in [0.25, 0.3) is 10.0 Å². The molecule has 0 unspecified atom stereocenters. The molecule has 0 N–H and O–H groups in total. The molecule has 0 aliphatic carbocycles. The Hall–Kier alpha value is -1.97. The molecule has 1 saturated heterocycles. The lowest BCUT2D eigenvalue weighted by atomic mass is 10.1. The molecular weight excluding hydrogens is 480 g/mol. The minimum absolute atomic E-state index is 0.0633. The van der Waals surface area contributed by atoms with Crippen LogP contribution >= 0.6 is 34.7 Å². The highest BCUT2D eigenvalue weighted by molar-refractivity contribution is 8.00. The molecule has 12 heteroatoms. The summed E-state index contributed by atoms with van der Waals surface area (Å²) in [5.41, 5.74) is 1.14. The highest BCUT2D eigenvalue weighted by Crippen LogP contribution is 2.29. The fraction of sp³-hybridized carbons (Fsp3) is 0.368. The first-order chi connectivity index (χ1) is 14.6. The van der Waals surface area contributed by atoms with Crippen LogP contribution < -0.4 is 0 Å². The maximum Gasteiger partial charge on any atom is 0.252 e. The first kappa shape index (κ1) is 23.7. The van der Waals surface area contributed by atoms with Crippen LogP contribution in [0.4, 0.5) is 0 Å². The molecule has 8 nitrogen and oxygen atoms in total. The van der Waals surface area contributed by atoms with E-state index < -0.39 is 10.0 Å². The molecule has 0 saturated carbocycles. The molecule has 0 spiro atoms. The first-order valence-corrected chi connectivity index (χ1v) is 12.8. The predicted octanol–water partition coefficient (Wildman–Crippen LogP) is 2.80. The number of rotatable bonds is 6. The van der Waals surface area contributed by atoms with Crippen molar-refractivity contribution in [3.8, 4) is 6.07 Å². The minimum atomic E-state index is -3.62. The second kappa shape index (κ2) is 9.67. The highest BCUT2D eigenvalue weighted by Gasteiger charge is 2.31. The largest absolute Gasteiger partial charge is 0.339 e. The van der Waals surface area contributed by atoms with E-state index in [4.69, 9.17) is 11.6 Å². The first-order valence-electron chi connectivity index (χ1n) is 9.22. The number of ketones is 1. The highest BCUT2D eigenvalue weighted by atomic mass is 35.5. The van der Waals surface area contributed by atoms with Crippen molar-refractivity contribution in [2.75, 3.05) is 31.9 Å². The van der Waals surface area contributed by atoms with Gasteiger partial charge in [0.2, 0.25) is 5.91 Å². The molecule has 1 fully saturated rings. The third kappa shape index (κ3) is 5.27. The molecule has 0 radical (unpaired) electrons. The average Bonchev–Trinajstić information content (AvgIpc) is 3.19. The Bertz CT molecular complexity index is 1170. The van der Waals surface area contributed by atoms with Gasteiger partial charge in [-0.3, -0.25) is 9.59 Å². The molecule has 164 valence electrons. The molecule has 0 atom stereocenters. The summed E-state index contributed by atoms with van der Waals surface area (Å²) in [4.78, 5) is 30.2. The smallest absolute Gasteiger partial charge is 0.252 e. The van der Waals surface area contributed by atoms with Gasteiger partial charge in [-0.05, 0) is 32.0 Å². The number of thiophene rings is 1. The van der Waals surface area contributed by atoms with Gasteiger partial charge in [0.15, 0.2) is 5.78 Å². The Morgan fingerprint density at radius 1 is 1.29 bits per heavy atom. The molecule has 0 aromatic carbocycles. The summed E-state index contributed by atoms with van der Waals surface area (Å²) in [7, 11) is -3.62. The van der Waals surface area contributed by atoms with Crippen LogP contribution in [0.25, 0.3) is 0 Å². The van der Waals surface area contributed by atoms with Crippen molar-refractivity contribution in [3.05, 3.63) is 39.4 Å². The van der Waals surface area contributed by atoms with E-state index in [0.717, 1.165) is 23.1 Å². The molecule has 2 aromatic rings. The lowest BCUT2D eigenvalue weighted by Crippen LogP contribution is -2.50. The zero-order chi connectivity index (χ0) is 22.8. The Morgan fingerprint density at radius 2 is 1.97 bits per heavy atom. The number of nitriles is 1. The van der Waals surface area contributed by atoms with E-state index >= 15 is 0 Å². The van der Waals surface area contributed by atoms with Gasteiger partial charge in [0.05, 0.1) is 15.7 Å². The van der Waals surface area contributed by atoms with Crippen molar-refractivity contribution in [1.29, 1.82) is 5.26 Å². The Balaban J connectivity index is 1.60. The summed E-state index contributed by atoms with van der Waals surface area (Å²) >= 11 is 7.99. The predicted molar refractivity (Wildman–Crippen MR) is 119 cm³/mol. The van der Waals surface area contributed by atoms with Crippen LogP contribution in [0.2, 0.25) is 4.34 Å². The van der Waals surface area contributed by atoms with Gasteiger partial charge in [0, 0.05) is 37.4 Å². The number of nitrogens with zero attached hydrogens (tertiary/aromatic N) is 4. The zero-order valence-electron chi connectivity index (χ0n) is 16.8. The number of hydrogen-bond acceptors (Lipinski definition) is 8. The van der Waals surface area contributed by atoms with Crippen LogP contribution in [0.1, 0.15) is 28.5 Å². The molecule has 1 aliphatic heterocycles. The topological polar surface area (TPSA) is 111 Å². The van der Waals surface area contributed by atoms with E-state index in [9.17, 15) is 23.3 Å². The Labute approximate surface area is 193 Å². The summed E-state index contributed by atoms with van der Waals surface area (Å²) in [6, 6.07) is 6.54. The van der Waals surface area contributed by atoms with Crippen molar-refractivity contribution in [1.82, 2.24) is 14.2 Å². The Morgan fingerprint density at radius 3 is 2.52 bits per heavy atom. The van der Waals surface area contributed by atoms with Gasteiger partial charge < -0.3 is 4.90 Å². The van der Waals surface area contributed by atoms with Crippen molar-refractivity contribution in [3.63, 3.8) is 0 Å². The van der Waals surface area contributed by atoms with Gasteiger partial charge in [0.1, 0.15) is 15.3 Å². The monoisotopic (exact) mass is 498 g/mol. The molecule has 31 heavy (non-hydrogen) atoms. The van der Waals surface area contributed by atoms with Gasteiger partial charge in [-0.1, -0.05) is 23.4 Å². The summed E-state index contributed by atoms with van der Waals surface area (Å²) in [6.45, 7) is 4.04. The maximum atomic E-state index is 12.7. The maximum absolute atomic E-state index is 12.7. The molecule has 0 bridgehead atoms. The number of thioether (sulfide) groups is 1. The fourth-order valence-corrected chi connectivity index (χ4v) is 7.06. The molecule has 1 aliphatic rings. The number of piperazine rings is 1. The van der Waals surface area contributed by atoms with E-state index in [2.05, 4.69) is 4.98 Å². The zero-order valence-corrected chi connectivity index (χ0v) is 20.0. The van der Waals surface area contributed by atoms with Gasteiger partial charge in [-0.2, -0.15) is 9.57 Å².